The molecule has 1 heterocycles. The first-order valence-electron chi connectivity index (χ1n) is 4.10. The van der Waals surface area contributed by atoms with Crippen molar-refractivity contribution in [3.05, 3.63) is 10.6 Å². The molecule has 0 fully saturated rings. The first-order chi connectivity index (χ1) is 5.29. The molecule has 0 saturated heterocycles. The van der Waals surface area contributed by atoms with E-state index >= 15 is 0 Å². The standard InChI is InChI=1S/C8H13NOS/c1-9-6-11(10)8-5-3-2-4-7(8)9/h2-6H2,1H3. The summed E-state index contributed by atoms with van der Waals surface area (Å²) in [5, 5.41) is 0. The zero-order chi connectivity index (χ0) is 7.84. The predicted octanol–water partition coefficient (Wildman–Crippen LogP) is 1.42. The van der Waals surface area contributed by atoms with Gasteiger partial charge in [-0.2, -0.15) is 0 Å². The molecule has 0 aromatic rings. The van der Waals surface area contributed by atoms with E-state index < -0.39 is 10.8 Å². The second-order valence-corrected chi connectivity index (χ2v) is 4.69. The normalized spacial score (nSPS) is 31.0. The van der Waals surface area contributed by atoms with Gasteiger partial charge in [0, 0.05) is 17.6 Å². The van der Waals surface area contributed by atoms with Gasteiger partial charge < -0.3 is 4.90 Å². The van der Waals surface area contributed by atoms with Gasteiger partial charge in [0.25, 0.3) is 0 Å². The SMILES string of the molecule is CN1CS(=O)C2=C1CCCC2. The van der Waals surface area contributed by atoms with Crippen LogP contribution < -0.4 is 0 Å². The van der Waals surface area contributed by atoms with Gasteiger partial charge in [0.1, 0.15) is 0 Å². The summed E-state index contributed by atoms with van der Waals surface area (Å²) >= 11 is 0. The fourth-order valence-corrected chi connectivity index (χ4v) is 3.40. The highest BCUT2D eigenvalue weighted by atomic mass is 32.2. The number of allylic oxidation sites excluding steroid dienone is 2. The summed E-state index contributed by atoms with van der Waals surface area (Å²) in [4.78, 5) is 3.39. The van der Waals surface area contributed by atoms with Crippen molar-refractivity contribution in [2.75, 3.05) is 12.9 Å². The van der Waals surface area contributed by atoms with E-state index in [-0.39, 0.29) is 0 Å². The zero-order valence-corrected chi connectivity index (χ0v) is 7.62. The van der Waals surface area contributed by atoms with Crippen LogP contribution in [-0.4, -0.2) is 22.0 Å². The van der Waals surface area contributed by atoms with Crippen LogP contribution in [0.5, 0.6) is 0 Å². The number of hydrogen-bond donors (Lipinski definition) is 0. The van der Waals surface area contributed by atoms with Gasteiger partial charge in [-0.1, -0.05) is 0 Å². The lowest BCUT2D eigenvalue weighted by Gasteiger charge is -2.18. The molecule has 1 unspecified atom stereocenters. The Balaban J connectivity index is 2.32. The highest BCUT2D eigenvalue weighted by molar-refractivity contribution is 7.89. The van der Waals surface area contributed by atoms with Crippen LogP contribution in [0.2, 0.25) is 0 Å². The van der Waals surface area contributed by atoms with Crippen LogP contribution in [0.4, 0.5) is 0 Å². The highest BCUT2D eigenvalue weighted by Crippen LogP contribution is 2.33. The molecule has 62 valence electrons. The van der Waals surface area contributed by atoms with Crippen LogP contribution in [0.15, 0.2) is 10.6 Å². The minimum absolute atomic E-state index is 0.664. The Kier molecular flexibility index (Phi) is 1.75. The van der Waals surface area contributed by atoms with Gasteiger partial charge in [-0.25, -0.2) is 0 Å². The molecule has 0 spiro atoms. The maximum Gasteiger partial charge on any atom is 0.0975 e. The molecule has 2 nitrogen and oxygen atoms in total. The summed E-state index contributed by atoms with van der Waals surface area (Å²) < 4.78 is 11.4. The molecule has 0 amide bonds. The maximum absolute atomic E-state index is 11.4. The number of nitrogens with zero attached hydrogens (tertiary/aromatic N) is 1. The van der Waals surface area contributed by atoms with Gasteiger partial charge in [0.15, 0.2) is 0 Å². The molecular weight excluding hydrogens is 158 g/mol. The Morgan fingerprint density at radius 1 is 1.36 bits per heavy atom. The van der Waals surface area contributed by atoms with Gasteiger partial charge in [-0.15, -0.1) is 0 Å². The topological polar surface area (TPSA) is 20.3 Å². The lowest BCUT2D eigenvalue weighted by atomic mass is 10.0. The van der Waals surface area contributed by atoms with Crippen molar-refractivity contribution in [2.24, 2.45) is 0 Å². The Morgan fingerprint density at radius 3 is 2.82 bits per heavy atom. The molecule has 3 heteroatoms. The van der Waals surface area contributed by atoms with E-state index in [1.807, 2.05) is 7.05 Å². The summed E-state index contributed by atoms with van der Waals surface area (Å²) in [7, 11) is 1.38. The Labute approximate surface area is 69.7 Å². The third kappa shape index (κ3) is 1.11. The molecule has 2 rings (SSSR count). The molecule has 0 N–H and O–H groups in total. The Hall–Kier alpha value is -0.310. The molecule has 0 bridgehead atoms. The van der Waals surface area contributed by atoms with Crippen molar-refractivity contribution < 1.29 is 4.21 Å². The van der Waals surface area contributed by atoms with E-state index in [9.17, 15) is 4.21 Å². The minimum Gasteiger partial charge on any atom is -0.365 e. The smallest absolute Gasteiger partial charge is 0.0975 e. The Morgan fingerprint density at radius 2 is 2.09 bits per heavy atom. The summed E-state index contributed by atoms with van der Waals surface area (Å²) in [6, 6.07) is 0. The van der Waals surface area contributed by atoms with Gasteiger partial charge in [-0.3, -0.25) is 4.21 Å². The predicted molar refractivity (Wildman–Crippen MR) is 46.3 cm³/mol. The second-order valence-electron chi connectivity index (χ2n) is 3.25. The first-order valence-corrected chi connectivity index (χ1v) is 5.42. The Bertz CT molecular complexity index is 234. The van der Waals surface area contributed by atoms with Crippen molar-refractivity contribution in [1.82, 2.24) is 4.90 Å². The highest BCUT2D eigenvalue weighted by Gasteiger charge is 2.27. The van der Waals surface area contributed by atoms with Crippen LogP contribution in [0.1, 0.15) is 25.7 Å². The molecule has 0 aromatic carbocycles. The van der Waals surface area contributed by atoms with Crippen LogP contribution in [0.25, 0.3) is 0 Å². The molecule has 11 heavy (non-hydrogen) atoms. The number of hydrogen-bond acceptors (Lipinski definition) is 2. The monoisotopic (exact) mass is 171 g/mol. The largest absolute Gasteiger partial charge is 0.365 e. The van der Waals surface area contributed by atoms with Crippen molar-refractivity contribution in [2.45, 2.75) is 25.7 Å². The molecule has 1 aliphatic heterocycles. The van der Waals surface area contributed by atoms with Crippen LogP contribution in [0.3, 0.4) is 0 Å². The zero-order valence-electron chi connectivity index (χ0n) is 6.80. The van der Waals surface area contributed by atoms with Crippen LogP contribution in [-0.2, 0) is 10.8 Å². The van der Waals surface area contributed by atoms with Crippen LogP contribution in [0, 0.1) is 0 Å². The molecule has 1 aliphatic carbocycles. The number of rotatable bonds is 0. The minimum atomic E-state index is -0.664. The third-order valence-corrected chi connectivity index (χ3v) is 4.05. The quantitative estimate of drug-likeness (QED) is 0.549. The van der Waals surface area contributed by atoms with E-state index in [1.54, 1.807) is 0 Å². The summed E-state index contributed by atoms with van der Waals surface area (Å²) in [5.74, 6) is 0.741. The fourth-order valence-electron chi connectivity index (χ4n) is 1.84. The fraction of sp³-hybridized carbons (Fsp3) is 0.750. The molecule has 0 aromatic heterocycles. The third-order valence-electron chi connectivity index (χ3n) is 2.44. The van der Waals surface area contributed by atoms with Crippen molar-refractivity contribution in [3.63, 3.8) is 0 Å². The summed E-state index contributed by atoms with van der Waals surface area (Å²) in [5.41, 5.74) is 1.37. The average molecular weight is 171 g/mol. The van der Waals surface area contributed by atoms with Gasteiger partial charge >= 0.3 is 0 Å². The van der Waals surface area contributed by atoms with E-state index in [4.69, 9.17) is 0 Å². The van der Waals surface area contributed by atoms with Crippen LogP contribution >= 0.6 is 0 Å². The van der Waals surface area contributed by atoms with E-state index in [2.05, 4.69) is 4.90 Å². The van der Waals surface area contributed by atoms with Crippen molar-refractivity contribution in [3.8, 4) is 0 Å². The second kappa shape index (κ2) is 2.63. The first kappa shape index (κ1) is 7.35. The van der Waals surface area contributed by atoms with E-state index in [0.29, 0.717) is 0 Å². The van der Waals surface area contributed by atoms with Gasteiger partial charge in [0.05, 0.1) is 16.7 Å². The van der Waals surface area contributed by atoms with Crippen molar-refractivity contribution >= 4 is 10.8 Å². The molecule has 0 radical (unpaired) electrons. The average Bonchev–Trinajstić information content (AvgIpc) is 2.30. The lowest BCUT2D eigenvalue weighted by Crippen LogP contribution is -2.14. The van der Waals surface area contributed by atoms with Gasteiger partial charge in [0.2, 0.25) is 0 Å². The molecule has 1 atom stereocenters. The summed E-state index contributed by atoms with van der Waals surface area (Å²) in [6.45, 7) is 0. The molecule has 2 aliphatic rings. The van der Waals surface area contributed by atoms with E-state index in [0.717, 1.165) is 18.7 Å². The lowest BCUT2D eigenvalue weighted by molar-refractivity contribution is 0.454. The maximum atomic E-state index is 11.4. The van der Waals surface area contributed by atoms with E-state index in [1.165, 1.54) is 23.4 Å². The molecule has 0 saturated carbocycles. The van der Waals surface area contributed by atoms with Crippen molar-refractivity contribution in [1.29, 1.82) is 0 Å². The molecular formula is C8H13NOS. The summed E-state index contributed by atoms with van der Waals surface area (Å²) in [6.07, 6.45) is 4.74. The van der Waals surface area contributed by atoms with Gasteiger partial charge in [-0.05, 0) is 25.7 Å².